The quantitative estimate of drug-likeness (QED) is 0.833. The molecule has 1 aromatic rings. The first-order valence-corrected chi connectivity index (χ1v) is 8.41. The van der Waals surface area contributed by atoms with Crippen molar-refractivity contribution in [2.75, 3.05) is 0 Å². The second-order valence-corrected chi connectivity index (χ2v) is 7.03. The zero-order chi connectivity index (χ0) is 17.3. The van der Waals surface area contributed by atoms with Crippen LogP contribution in [-0.2, 0) is 16.0 Å². The molecule has 1 aliphatic heterocycles. The largest absolute Gasteiger partial charge is 0.344 e. The lowest BCUT2D eigenvalue weighted by molar-refractivity contribution is -0.139. The Morgan fingerprint density at radius 2 is 1.88 bits per heavy atom. The van der Waals surface area contributed by atoms with Gasteiger partial charge in [-0.15, -0.1) is 0 Å². The fraction of sp³-hybridized carbons (Fsp3) is 0.500. The molecule has 1 saturated carbocycles. The van der Waals surface area contributed by atoms with Crippen molar-refractivity contribution in [3.05, 3.63) is 35.4 Å². The van der Waals surface area contributed by atoms with E-state index in [1.165, 1.54) is 0 Å². The molecule has 128 valence electrons. The van der Waals surface area contributed by atoms with Crippen LogP contribution in [-0.4, -0.2) is 28.4 Å². The van der Waals surface area contributed by atoms with Crippen LogP contribution in [0.4, 0.5) is 4.79 Å². The van der Waals surface area contributed by atoms with Gasteiger partial charge < -0.3 is 5.32 Å². The number of carbonyl (C=O) groups is 3. The van der Waals surface area contributed by atoms with Gasteiger partial charge in [0.25, 0.3) is 5.91 Å². The van der Waals surface area contributed by atoms with Crippen molar-refractivity contribution >= 4 is 17.8 Å². The van der Waals surface area contributed by atoms with Gasteiger partial charge in [-0.1, -0.05) is 36.8 Å². The van der Waals surface area contributed by atoms with Gasteiger partial charge in [0, 0.05) is 0 Å². The third kappa shape index (κ3) is 3.13. The zero-order valence-corrected chi connectivity index (χ0v) is 14.1. The van der Waals surface area contributed by atoms with E-state index in [0.717, 1.165) is 29.0 Å². The minimum atomic E-state index is -0.833. The molecule has 0 unspecified atom stereocenters. The highest BCUT2D eigenvalue weighted by Crippen LogP contribution is 2.35. The third-order valence-corrected chi connectivity index (χ3v) is 5.01. The standard InChI is InChI=1S/C18H23N3O3/c1-12-3-5-14(6-4-12)11-15(22)20-21-16(23)18(19-17(21)24)9-7-13(2)8-10-18/h3-6,13H,7-11H2,1-2H3,(H,19,24)(H,20,22). The van der Waals surface area contributed by atoms with Gasteiger partial charge in [0.15, 0.2) is 0 Å². The Bertz CT molecular complexity index is 661. The van der Waals surface area contributed by atoms with Crippen LogP contribution in [0.5, 0.6) is 0 Å². The molecule has 0 radical (unpaired) electrons. The molecule has 2 N–H and O–H groups in total. The van der Waals surface area contributed by atoms with Crippen molar-refractivity contribution in [3.63, 3.8) is 0 Å². The molecule has 1 spiro atoms. The summed E-state index contributed by atoms with van der Waals surface area (Å²) in [7, 11) is 0. The maximum atomic E-state index is 12.7. The highest BCUT2D eigenvalue weighted by molar-refractivity contribution is 6.08. The van der Waals surface area contributed by atoms with Crippen molar-refractivity contribution in [2.45, 2.75) is 51.5 Å². The van der Waals surface area contributed by atoms with Crippen molar-refractivity contribution in [2.24, 2.45) is 5.92 Å². The second-order valence-electron chi connectivity index (χ2n) is 7.03. The van der Waals surface area contributed by atoms with E-state index in [2.05, 4.69) is 17.7 Å². The number of carbonyl (C=O) groups excluding carboxylic acids is 3. The molecule has 1 aromatic carbocycles. The molecule has 1 heterocycles. The third-order valence-electron chi connectivity index (χ3n) is 5.01. The van der Waals surface area contributed by atoms with Crippen LogP contribution < -0.4 is 10.7 Å². The summed E-state index contributed by atoms with van der Waals surface area (Å²) in [5, 5.41) is 3.64. The lowest BCUT2D eigenvalue weighted by atomic mass is 9.77. The Morgan fingerprint density at radius 1 is 1.25 bits per heavy atom. The smallest absolute Gasteiger partial charge is 0.322 e. The summed E-state index contributed by atoms with van der Waals surface area (Å²) < 4.78 is 0. The van der Waals surface area contributed by atoms with Gasteiger partial charge in [0.2, 0.25) is 5.91 Å². The van der Waals surface area contributed by atoms with Gasteiger partial charge in [-0.05, 0) is 44.1 Å². The minimum absolute atomic E-state index is 0.126. The molecule has 2 fully saturated rings. The zero-order valence-electron chi connectivity index (χ0n) is 14.1. The van der Waals surface area contributed by atoms with Crippen LogP contribution in [0.2, 0.25) is 0 Å². The van der Waals surface area contributed by atoms with Gasteiger partial charge in [-0.2, -0.15) is 5.01 Å². The summed E-state index contributed by atoms with van der Waals surface area (Å²) in [4.78, 5) is 37.0. The Balaban J connectivity index is 1.64. The molecule has 6 heteroatoms. The van der Waals surface area contributed by atoms with Crippen LogP contribution in [0.1, 0.15) is 43.7 Å². The summed E-state index contributed by atoms with van der Waals surface area (Å²) in [6.07, 6.45) is 3.18. The van der Waals surface area contributed by atoms with Gasteiger partial charge in [-0.3, -0.25) is 15.0 Å². The van der Waals surface area contributed by atoms with Crippen LogP contribution in [0.25, 0.3) is 0 Å². The van der Waals surface area contributed by atoms with Crippen molar-refractivity contribution in [1.29, 1.82) is 0 Å². The number of nitrogens with one attached hydrogen (secondary N) is 2. The number of hydrazine groups is 1. The number of amides is 4. The summed E-state index contributed by atoms with van der Waals surface area (Å²) in [6, 6.07) is 7.05. The lowest BCUT2D eigenvalue weighted by Crippen LogP contribution is -2.51. The number of urea groups is 1. The van der Waals surface area contributed by atoms with Gasteiger partial charge in [0.05, 0.1) is 6.42 Å². The summed E-state index contributed by atoms with van der Waals surface area (Å²) in [5.41, 5.74) is 3.58. The van der Waals surface area contributed by atoms with E-state index in [9.17, 15) is 14.4 Å². The monoisotopic (exact) mass is 329 g/mol. The lowest BCUT2D eigenvalue weighted by Gasteiger charge is -2.33. The Kier molecular flexibility index (Phi) is 4.30. The van der Waals surface area contributed by atoms with Gasteiger partial charge >= 0.3 is 6.03 Å². The van der Waals surface area contributed by atoms with E-state index in [4.69, 9.17) is 0 Å². The number of rotatable bonds is 3. The normalized spacial score (nSPS) is 26.6. The predicted octanol–water partition coefficient (Wildman–Crippen LogP) is 2.07. The predicted molar refractivity (Wildman–Crippen MR) is 88.8 cm³/mol. The summed E-state index contributed by atoms with van der Waals surface area (Å²) >= 11 is 0. The average molecular weight is 329 g/mol. The maximum Gasteiger partial charge on any atom is 0.344 e. The van der Waals surface area contributed by atoms with E-state index < -0.39 is 11.6 Å². The van der Waals surface area contributed by atoms with E-state index in [1.54, 1.807) is 0 Å². The molecule has 0 aromatic heterocycles. The van der Waals surface area contributed by atoms with Crippen LogP contribution in [0.15, 0.2) is 24.3 Å². The minimum Gasteiger partial charge on any atom is -0.322 e. The molecule has 3 rings (SSSR count). The van der Waals surface area contributed by atoms with E-state index in [1.807, 2.05) is 31.2 Å². The van der Waals surface area contributed by atoms with Gasteiger partial charge in [-0.25, -0.2) is 4.79 Å². The Labute approximate surface area is 141 Å². The molecule has 2 aliphatic rings. The van der Waals surface area contributed by atoms with Gasteiger partial charge in [0.1, 0.15) is 5.54 Å². The van der Waals surface area contributed by atoms with Crippen molar-refractivity contribution in [3.8, 4) is 0 Å². The number of imide groups is 1. The van der Waals surface area contributed by atoms with Crippen LogP contribution >= 0.6 is 0 Å². The fourth-order valence-electron chi connectivity index (χ4n) is 3.37. The van der Waals surface area contributed by atoms with Crippen molar-refractivity contribution < 1.29 is 14.4 Å². The van der Waals surface area contributed by atoms with Crippen LogP contribution in [0.3, 0.4) is 0 Å². The molecule has 1 saturated heterocycles. The Hall–Kier alpha value is -2.37. The highest BCUT2D eigenvalue weighted by atomic mass is 16.2. The number of hydrogen-bond donors (Lipinski definition) is 2. The SMILES string of the molecule is Cc1ccc(CC(=O)NN2C(=O)NC3(CCC(C)CC3)C2=O)cc1. The first-order chi connectivity index (χ1) is 11.4. The number of nitrogens with zero attached hydrogens (tertiary/aromatic N) is 1. The summed E-state index contributed by atoms with van der Waals surface area (Å²) in [6.45, 7) is 4.12. The Morgan fingerprint density at radius 3 is 2.50 bits per heavy atom. The van der Waals surface area contributed by atoms with E-state index in [0.29, 0.717) is 18.8 Å². The second kappa shape index (κ2) is 6.26. The summed E-state index contributed by atoms with van der Waals surface area (Å²) in [5.74, 6) is -0.147. The molecule has 6 nitrogen and oxygen atoms in total. The van der Waals surface area contributed by atoms with Crippen LogP contribution in [0, 0.1) is 12.8 Å². The van der Waals surface area contributed by atoms with Crippen molar-refractivity contribution in [1.82, 2.24) is 15.8 Å². The van der Waals surface area contributed by atoms with E-state index in [-0.39, 0.29) is 18.2 Å². The first kappa shape index (κ1) is 16.5. The van der Waals surface area contributed by atoms with E-state index >= 15 is 0 Å². The molecule has 1 aliphatic carbocycles. The molecular formula is C18H23N3O3. The average Bonchev–Trinajstić information content (AvgIpc) is 2.77. The fourth-order valence-corrected chi connectivity index (χ4v) is 3.37. The topological polar surface area (TPSA) is 78.5 Å². The highest BCUT2D eigenvalue weighted by Gasteiger charge is 2.52. The molecule has 24 heavy (non-hydrogen) atoms. The first-order valence-electron chi connectivity index (χ1n) is 8.41. The molecule has 4 amide bonds. The maximum absolute atomic E-state index is 12.7. The number of benzene rings is 1. The molecule has 0 atom stereocenters. The number of hydrogen-bond acceptors (Lipinski definition) is 3. The molecular weight excluding hydrogens is 306 g/mol. The number of aryl methyl sites for hydroxylation is 1. The molecule has 0 bridgehead atoms.